The molecule has 0 aliphatic rings. The lowest BCUT2D eigenvalue weighted by molar-refractivity contribution is 0.796. The second-order valence-electron chi connectivity index (χ2n) is 4.40. The van der Waals surface area contributed by atoms with Crippen LogP contribution in [0.4, 0.5) is 5.69 Å². The Labute approximate surface area is 120 Å². The van der Waals surface area contributed by atoms with Crippen LogP contribution in [0, 0.1) is 0 Å². The van der Waals surface area contributed by atoms with Gasteiger partial charge in [0.15, 0.2) is 0 Å². The molecule has 19 heavy (non-hydrogen) atoms. The van der Waals surface area contributed by atoms with Crippen molar-refractivity contribution in [3.8, 4) is 11.4 Å². The number of benzene rings is 2. The van der Waals surface area contributed by atoms with Crippen LogP contribution in [0.15, 0.2) is 46.9 Å². The summed E-state index contributed by atoms with van der Waals surface area (Å²) in [7, 11) is 0. The Morgan fingerprint density at radius 1 is 1.21 bits per heavy atom. The van der Waals surface area contributed by atoms with Gasteiger partial charge in [-0.2, -0.15) is 0 Å². The number of nitrogens with two attached hydrogens (primary N) is 1. The molecule has 3 rings (SSSR count). The van der Waals surface area contributed by atoms with E-state index in [1.54, 1.807) is 0 Å². The Bertz CT molecular complexity index is 746. The number of aryl methyl sites for hydroxylation is 1. The number of imidazole rings is 1. The number of fused-ring (bicyclic) bond motifs is 1. The summed E-state index contributed by atoms with van der Waals surface area (Å²) in [6.45, 7) is 3.01. The standard InChI is InChI=1S/C15H14BrN3/c1-2-19-14-6-4-3-5-13(14)18-15(19)10-7-8-11(16)12(17)9-10/h3-9H,2,17H2,1H3. The van der Waals surface area contributed by atoms with Crippen molar-refractivity contribution >= 4 is 32.7 Å². The third-order valence-electron chi connectivity index (χ3n) is 3.22. The van der Waals surface area contributed by atoms with E-state index < -0.39 is 0 Å². The molecule has 3 nitrogen and oxygen atoms in total. The molecule has 3 aromatic rings. The molecule has 1 aromatic heterocycles. The average Bonchev–Trinajstić information content (AvgIpc) is 2.80. The van der Waals surface area contributed by atoms with Crippen LogP contribution in [0.2, 0.25) is 0 Å². The molecular formula is C15H14BrN3. The quantitative estimate of drug-likeness (QED) is 0.724. The number of hydrogen-bond acceptors (Lipinski definition) is 2. The van der Waals surface area contributed by atoms with Gasteiger partial charge in [0.1, 0.15) is 5.82 Å². The zero-order valence-corrected chi connectivity index (χ0v) is 12.2. The summed E-state index contributed by atoms with van der Waals surface area (Å²) in [6.07, 6.45) is 0. The molecule has 0 radical (unpaired) electrons. The van der Waals surface area contributed by atoms with Crippen LogP contribution in [-0.4, -0.2) is 9.55 Å². The highest BCUT2D eigenvalue weighted by molar-refractivity contribution is 9.10. The van der Waals surface area contributed by atoms with Crippen LogP contribution in [-0.2, 0) is 6.54 Å². The van der Waals surface area contributed by atoms with E-state index >= 15 is 0 Å². The van der Waals surface area contributed by atoms with Gasteiger partial charge in [-0.3, -0.25) is 0 Å². The first-order valence-electron chi connectivity index (χ1n) is 6.21. The zero-order chi connectivity index (χ0) is 13.4. The maximum atomic E-state index is 5.96. The fourth-order valence-corrected chi connectivity index (χ4v) is 2.55. The van der Waals surface area contributed by atoms with E-state index in [-0.39, 0.29) is 0 Å². The van der Waals surface area contributed by atoms with E-state index in [1.165, 1.54) is 0 Å². The molecule has 96 valence electrons. The number of nitrogen functional groups attached to an aromatic ring is 1. The van der Waals surface area contributed by atoms with Crippen molar-refractivity contribution in [2.45, 2.75) is 13.5 Å². The van der Waals surface area contributed by atoms with Crippen molar-refractivity contribution in [1.82, 2.24) is 9.55 Å². The first-order valence-corrected chi connectivity index (χ1v) is 7.00. The van der Waals surface area contributed by atoms with Crippen molar-refractivity contribution in [1.29, 1.82) is 0 Å². The van der Waals surface area contributed by atoms with Crippen LogP contribution in [0.3, 0.4) is 0 Å². The first kappa shape index (κ1) is 12.2. The molecule has 0 unspecified atom stereocenters. The molecule has 0 aliphatic heterocycles. The summed E-state index contributed by atoms with van der Waals surface area (Å²) in [4.78, 5) is 4.72. The van der Waals surface area contributed by atoms with Crippen LogP contribution in [0.1, 0.15) is 6.92 Å². The SMILES string of the molecule is CCn1c(-c2ccc(Br)c(N)c2)nc2ccccc21. The second kappa shape index (κ2) is 4.70. The fourth-order valence-electron chi connectivity index (χ4n) is 2.30. The van der Waals surface area contributed by atoms with Gasteiger partial charge in [0.05, 0.1) is 11.0 Å². The number of nitrogens with zero attached hydrogens (tertiary/aromatic N) is 2. The monoisotopic (exact) mass is 315 g/mol. The minimum atomic E-state index is 0.729. The van der Waals surface area contributed by atoms with Crippen LogP contribution in [0.25, 0.3) is 22.4 Å². The van der Waals surface area contributed by atoms with Crippen LogP contribution >= 0.6 is 15.9 Å². The Balaban J connectivity index is 2.26. The molecule has 0 bridgehead atoms. The molecule has 2 N–H and O–H groups in total. The number of para-hydroxylation sites is 2. The summed E-state index contributed by atoms with van der Waals surface area (Å²) in [6, 6.07) is 14.1. The third kappa shape index (κ3) is 2.02. The molecule has 0 saturated carbocycles. The largest absolute Gasteiger partial charge is 0.398 e. The highest BCUT2D eigenvalue weighted by Crippen LogP contribution is 2.29. The molecule has 0 amide bonds. The van der Waals surface area contributed by atoms with E-state index in [1.807, 2.05) is 36.4 Å². The van der Waals surface area contributed by atoms with Crippen molar-refractivity contribution in [3.63, 3.8) is 0 Å². The molecule has 0 atom stereocenters. The Kier molecular flexibility index (Phi) is 3.03. The summed E-state index contributed by atoms with van der Waals surface area (Å²) in [5.41, 5.74) is 9.90. The number of rotatable bonds is 2. The minimum absolute atomic E-state index is 0.729. The smallest absolute Gasteiger partial charge is 0.141 e. The molecule has 0 spiro atoms. The van der Waals surface area contributed by atoms with E-state index in [9.17, 15) is 0 Å². The Morgan fingerprint density at radius 3 is 2.74 bits per heavy atom. The van der Waals surface area contributed by atoms with Gasteiger partial charge in [0, 0.05) is 22.3 Å². The van der Waals surface area contributed by atoms with Crippen LogP contribution < -0.4 is 5.73 Å². The highest BCUT2D eigenvalue weighted by atomic mass is 79.9. The predicted octanol–water partition coefficient (Wildman–Crippen LogP) is 4.07. The lowest BCUT2D eigenvalue weighted by atomic mass is 10.2. The summed E-state index contributed by atoms with van der Waals surface area (Å²) < 4.78 is 3.12. The fraction of sp³-hybridized carbons (Fsp3) is 0.133. The molecular weight excluding hydrogens is 302 g/mol. The molecule has 0 fully saturated rings. The van der Waals surface area contributed by atoms with Crippen molar-refractivity contribution in [3.05, 3.63) is 46.9 Å². The zero-order valence-electron chi connectivity index (χ0n) is 10.6. The first-order chi connectivity index (χ1) is 9.20. The number of anilines is 1. The van der Waals surface area contributed by atoms with Gasteiger partial charge in [0.2, 0.25) is 0 Å². The summed E-state index contributed by atoms with van der Waals surface area (Å²) >= 11 is 3.42. The van der Waals surface area contributed by atoms with Gasteiger partial charge in [-0.1, -0.05) is 12.1 Å². The topological polar surface area (TPSA) is 43.8 Å². The molecule has 0 saturated heterocycles. The molecule has 4 heteroatoms. The van der Waals surface area contributed by atoms with Gasteiger partial charge in [-0.05, 0) is 53.2 Å². The summed E-state index contributed by atoms with van der Waals surface area (Å²) in [5, 5.41) is 0. The highest BCUT2D eigenvalue weighted by Gasteiger charge is 2.11. The maximum Gasteiger partial charge on any atom is 0.141 e. The predicted molar refractivity (Wildman–Crippen MR) is 83.0 cm³/mol. The minimum Gasteiger partial charge on any atom is -0.398 e. The molecule has 0 aliphatic carbocycles. The average molecular weight is 316 g/mol. The van der Waals surface area contributed by atoms with E-state index in [0.717, 1.165) is 39.1 Å². The lowest BCUT2D eigenvalue weighted by Crippen LogP contribution is -1.98. The Hall–Kier alpha value is -1.81. The van der Waals surface area contributed by atoms with Gasteiger partial charge >= 0.3 is 0 Å². The summed E-state index contributed by atoms with van der Waals surface area (Å²) in [5.74, 6) is 0.961. The van der Waals surface area contributed by atoms with E-state index in [2.05, 4.69) is 33.5 Å². The number of halogens is 1. The second-order valence-corrected chi connectivity index (χ2v) is 5.26. The number of aromatic nitrogens is 2. The normalized spacial score (nSPS) is 11.1. The van der Waals surface area contributed by atoms with Gasteiger partial charge in [0.25, 0.3) is 0 Å². The van der Waals surface area contributed by atoms with Crippen molar-refractivity contribution in [2.24, 2.45) is 0 Å². The maximum absolute atomic E-state index is 5.96. The lowest BCUT2D eigenvalue weighted by Gasteiger charge is -2.07. The van der Waals surface area contributed by atoms with Crippen molar-refractivity contribution in [2.75, 3.05) is 5.73 Å². The van der Waals surface area contributed by atoms with E-state index in [4.69, 9.17) is 10.7 Å². The van der Waals surface area contributed by atoms with Crippen LogP contribution in [0.5, 0.6) is 0 Å². The third-order valence-corrected chi connectivity index (χ3v) is 3.95. The van der Waals surface area contributed by atoms with Crippen molar-refractivity contribution < 1.29 is 0 Å². The van der Waals surface area contributed by atoms with Gasteiger partial charge in [-0.15, -0.1) is 0 Å². The van der Waals surface area contributed by atoms with E-state index in [0.29, 0.717) is 0 Å². The van der Waals surface area contributed by atoms with Gasteiger partial charge in [-0.25, -0.2) is 4.98 Å². The Morgan fingerprint density at radius 2 is 2.00 bits per heavy atom. The number of hydrogen-bond donors (Lipinski definition) is 1. The van der Waals surface area contributed by atoms with Gasteiger partial charge < -0.3 is 10.3 Å². The molecule has 2 aromatic carbocycles. The molecule has 1 heterocycles.